The van der Waals surface area contributed by atoms with Crippen LogP contribution in [0.2, 0.25) is 5.02 Å². The Labute approximate surface area is 181 Å². The Morgan fingerprint density at radius 2 is 1.66 bits per heavy atom. The van der Waals surface area contributed by atoms with Crippen LogP contribution in [0.25, 0.3) is 0 Å². The van der Waals surface area contributed by atoms with Crippen molar-refractivity contribution >= 4 is 50.3 Å². The summed E-state index contributed by atoms with van der Waals surface area (Å²) in [6, 6.07) is 12.9. The molecule has 0 spiro atoms. The van der Waals surface area contributed by atoms with E-state index >= 15 is 0 Å². The van der Waals surface area contributed by atoms with Crippen molar-refractivity contribution in [1.82, 2.24) is 10.2 Å². The predicted molar refractivity (Wildman–Crippen MR) is 120 cm³/mol. The van der Waals surface area contributed by atoms with Gasteiger partial charge in [0, 0.05) is 42.6 Å². The molecule has 0 unspecified atom stereocenters. The zero-order valence-electron chi connectivity index (χ0n) is 15.7. The molecule has 1 heterocycles. The molecule has 10 heteroatoms. The van der Waals surface area contributed by atoms with Gasteiger partial charge in [0.05, 0.1) is 18.1 Å². The molecule has 0 aromatic heterocycles. The molecule has 0 amide bonds. The zero-order valence-corrected chi connectivity index (χ0v) is 18.1. The monoisotopic (exact) mass is 454 g/mol. The maximum Gasteiger partial charge on any atom is 0.261 e. The molecule has 1 saturated heterocycles. The predicted octanol–water partition coefficient (Wildman–Crippen LogP) is 2.76. The first-order valence-electron chi connectivity index (χ1n) is 9.16. The van der Waals surface area contributed by atoms with Gasteiger partial charge in [-0.1, -0.05) is 11.6 Å². The highest BCUT2D eigenvalue weighted by atomic mass is 35.5. The molecule has 2 aromatic rings. The second-order valence-electron chi connectivity index (χ2n) is 6.47. The van der Waals surface area contributed by atoms with Gasteiger partial charge in [-0.15, -0.1) is 0 Å². The van der Waals surface area contributed by atoms with E-state index in [0.717, 1.165) is 39.4 Å². The third-order valence-corrected chi connectivity index (χ3v) is 6.23. The zero-order chi connectivity index (χ0) is 20.7. The Kier molecular flexibility index (Phi) is 7.68. The SMILES string of the molecule is O=S(=O)(Nc1ccc(Cl)cc1)c1ccc(NC(=S)NCCN2CCOCC2)cc1. The minimum atomic E-state index is -3.68. The van der Waals surface area contributed by atoms with Crippen molar-refractivity contribution in [3.63, 3.8) is 0 Å². The first-order chi connectivity index (χ1) is 13.9. The Bertz CT molecular complexity index is 915. The van der Waals surface area contributed by atoms with Crippen LogP contribution in [-0.4, -0.2) is 57.8 Å². The average molecular weight is 455 g/mol. The van der Waals surface area contributed by atoms with Crippen LogP contribution in [0.1, 0.15) is 0 Å². The van der Waals surface area contributed by atoms with Crippen LogP contribution in [0.4, 0.5) is 11.4 Å². The molecule has 0 aliphatic carbocycles. The second-order valence-corrected chi connectivity index (χ2v) is 9.00. The van der Waals surface area contributed by atoms with E-state index in [1.54, 1.807) is 36.4 Å². The summed E-state index contributed by atoms with van der Waals surface area (Å²) in [6.45, 7) is 5.02. The third-order valence-electron chi connectivity index (χ3n) is 4.34. The highest BCUT2D eigenvalue weighted by Gasteiger charge is 2.14. The number of thiocarbonyl (C=S) groups is 1. The molecule has 29 heavy (non-hydrogen) atoms. The molecule has 0 bridgehead atoms. The van der Waals surface area contributed by atoms with Crippen molar-refractivity contribution in [3.8, 4) is 0 Å². The normalized spacial score (nSPS) is 14.9. The van der Waals surface area contributed by atoms with Gasteiger partial charge in [0.2, 0.25) is 0 Å². The topological polar surface area (TPSA) is 82.7 Å². The van der Waals surface area contributed by atoms with Crippen LogP contribution < -0.4 is 15.4 Å². The lowest BCUT2D eigenvalue weighted by atomic mass is 10.3. The number of hydrogen-bond acceptors (Lipinski definition) is 5. The lowest BCUT2D eigenvalue weighted by molar-refractivity contribution is 0.0389. The van der Waals surface area contributed by atoms with Crippen molar-refractivity contribution in [1.29, 1.82) is 0 Å². The summed E-state index contributed by atoms with van der Waals surface area (Å²) in [5.41, 5.74) is 1.15. The average Bonchev–Trinajstić information content (AvgIpc) is 2.71. The lowest BCUT2D eigenvalue weighted by Gasteiger charge is -2.26. The molecule has 3 N–H and O–H groups in total. The van der Waals surface area contributed by atoms with Crippen LogP contribution in [0, 0.1) is 0 Å². The highest BCUT2D eigenvalue weighted by Crippen LogP contribution is 2.19. The first-order valence-corrected chi connectivity index (χ1v) is 11.4. The van der Waals surface area contributed by atoms with E-state index < -0.39 is 10.0 Å². The minimum absolute atomic E-state index is 0.157. The molecule has 3 rings (SSSR count). The number of sulfonamides is 1. The maximum atomic E-state index is 12.5. The quantitative estimate of drug-likeness (QED) is 0.555. The fraction of sp³-hybridized carbons (Fsp3) is 0.316. The lowest BCUT2D eigenvalue weighted by Crippen LogP contribution is -2.42. The van der Waals surface area contributed by atoms with Crippen molar-refractivity contribution < 1.29 is 13.2 Å². The van der Waals surface area contributed by atoms with Crippen LogP contribution in [0.5, 0.6) is 0 Å². The van der Waals surface area contributed by atoms with Crippen LogP contribution >= 0.6 is 23.8 Å². The summed E-state index contributed by atoms with van der Waals surface area (Å²) >= 11 is 11.1. The minimum Gasteiger partial charge on any atom is -0.379 e. The summed E-state index contributed by atoms with van der Waals surface area (Å²) in [5.74, 6) is 0. The van der Waals surface area contributed by atoms with Crippen molar-refractivity contribution in [2.24, 2.45) is 0 Å². The number of ether oxygens (including phenoxy) is 1. The van der Waals surface area contributed by atoms with Crippen LogP contribution in [-0.2, 0) is 14.8 Å². The Morgan fingerprint density at radius 3 is 2.31 bits per heavy atom. The summed E-state index contributed by atoms with van der Waals surface area (Å²) < 4.78 is 32.8. The van der Waals surface area contributed by atoms with Crippen LogP contribution in [0.3, 0.4) is 0 Å². The number of rotatable bonds is 7. The molecule has 156 valence electrons. The van der Waals surface area contributed by atoms with Gasteiger partial charge in [-0.2, -0.15) is 0 Å². The summed E-state index contributed by atoms with van der Waals surface area (Å²) in [5, 5.41) is 7.25. The third kappa shape index (κ3) is 6.83. The summed E-state index contributed by atoms with van der Waals surface area (Å²) in [6.07, 6.45) is 0. The van der Waals surface area contributed by atoms with Crippen molar-refractivity contribution in [2.75, 3.05) is 49.4 Å². The smallest absolute Gasteiger partial charge is 0.261 e. The van der Waals surface area contributed by atoms with E-state index in [1.165, 1.54) is 12.1 Å². The Hall–Kier alpha value is -1.91. The van der Waals surface area contributed by atoms with Crippen molar-refractivity contribution in [2.45, 2.75) is 4.90 Å². The van der Waals surface area contributed by atoms with Gasteiger partial charge >= 0.3 is 0 Å². The Morgan fingerprint density at radius 1 is 1.03 bits per heavy atom. The molecule has 7 nitrogen and oxygen atoms in total. The Balaban J connectivity index is 1.49. The van der Waals surface area contributed by atoms with E-state index in [2.05, 4.69) is 20.3 Å². The molecule has 2 aromatic carbocycles. The molecule has 1 fully saturated rings. The van der Waals surface area contributed by atoms with Gasteiger partial charge in [0.1, 0.15) is 0 Å². The van der Waals surface area contributed by atoms with Gasteiger partial charge in [0.15, 0.2) is 5.11 Å². The summed E-state index contributed by atoms with van der Waals surface area (Å²) in [7, 11) is -3.68. The number of nitrogens with zero attached hydrogens (tertiary/aromatic N) is 1. The largest absolute Gasteiger partial charge is 0.379 e. The molecule has 1 aliphatic heterocycles. The van der Waals surface area contributed by atoms with Gasteiger partial charge < -0.3 is 15.4 Å². The van der Waals surface area contributed by atoms with Crippen molar-refractivity contribution in [3.05, 3.63) is 53.6 Å². The van der Waals surface area contributed by atoms with E-state index in [0.29, 0.717) is 21.5 Å². The van der Waals surface area contributed by atoms with E-state index in [1.807, 2.05) is 0 Å². The molecular formula is C19H23ClN4O3S2. The standard InChI is InChI=1S/C19H23ClN4O3S2/c20-15-1-3-17(4-2-15)23-29(25,26)18-7-5-16(6-8-18)22-19(28)21-9-10-24-11-13-27-14-12-24/h1-8,23H,9-14H2,(H2,21,22,28). The number of hydrogen-bond donors (Lipinski definition) is 3. The molecular weight excluding hydrogens is 432 g/mol. The maximum absolute atomic E-state index is 12.5. The highest BCUT2D eigenvalue weighted by molar-refractivity contribution is 7.92. The molecule has 0 radical (unpaired) electrons. The number of anilines is 2. The molecule has 1 aliphatic rings. The molecule has 0 saturated carbocycles. The van der Waals surface area contributed by atoms with Gasteiger partial charge in [0.25, 0.3) is 10.0 Å². The fourth-order valence-electron chi connectivity index (χ4n) is 2.78. The van der Waals surface area contributed by atoms with Gasteiger partial charge in [-0.05, 0) is 60.7 Å². The number of benzene rings is 2. The van der Waals surface area contributed by atoms with Gasteiger partial charge in [-0.25, -0.2) is 8.42 Å². The summed E-state index contributed by atoms with van der Waals surface area (Å²) in [4.78, 5) is 2.47. The van der Waals surface area contributed by atoms with Crippen LogP contribution in [0.15, 0.2) is 53.4 Å². The van der Waals surface area contributed by atoms with E-state index in [9.17, 15) is 8.42 Å². The number of halogens is 1. The van der Waals surface area contributed by atoms with E-state index in [-0.39, 0.29) is 4.90 Å². The van der Waals surface area contributed by atoms with Gasteiger partial charge in [-0.3, -0.25) is 9.62 Å². The fourth-order valence-corrected chi connectivity index (χ4v) is 4.18. The molecule has 0 atom stereocenters. The number of nitrogens with one attached hydrogen (secondary N) is 3. The number of morpholine rings is 1. The second kappa shape index (κ2) is 10.2. The van der Waals surface area contributed by atoms with E-state index in [4.69, 9.17) is 28.6 Å². The first kappa shape index (κ1) is 21.8.